The number of alkyl halides is 3. The molecular formula is C27H18F4O6. The summed E-state index contributed by atoms with van der Waals surface area (Å²) in [6, 6.07) is 12.7. The van der Waals surface area contributed by atoms with Crippen molar-refractivity contribution in [3.05, 3.63) is 94.1 Å². The molecule has 0 amide bonds. The summed E-state index contributed by atoms with van der Waals surface area (Å²) >= 11 is 0. The highest BCUT2D eigenvalue weighted by Gasteiger charge is 2.39. The van der Waals surface area contributed by atoms with Crippen LogP contribution in [-0.4, -0.2) is 20.2 Å². The van der Waals surface area contributed by atoms with Crippen molar-refractivity contribution in [2.45, 2.75) is 6.18 Å². The summed E-state index contributed by atoms with van der Waals surface area (Å²) < 4.78 is 75.4. The molecule has 0 unspecified atom stereocenters. The Morgan fingerprint density at radius 2 is 1.62 bits per heavy atom. The van der Waals surface area contributed by atoms with Gasteiger partial charge in [0.25, 0.3) is 0 Å². The maximum absolute atomic E-state index is 14.0. The highest BCUT2D eigenvalue weighted by molar-refractivity contribution is 5.90. The zero-order valence-corrected chi connectivity index (χ0v) is 19.4. The van der Waals surface area contributed by atoms with Crippen LogP contribution in [0.3, 0.4) is 0 Å². The number of carbonyl (C=O) groups is 1. The normalized spacial score (nSPS) is 11.6. The fourth-order valence-corrected chi connectivity index (χ4v) is 3.58. The first kappa shape index (κ1) is 25.5. The number of hydrogen-bond donors (Lipinski definition) is 0. The fourth-order valence-electron chi connectivity index (χ4n) is 3.58. The van der Waals surface area contributed by atoms with Gasteiger partial charge in [-0.05, 0) is 53.6 Å². The molecule has 37 heavy (non-hydrogen) atoms. The van der Waals surface area contributed by atoms with E-state index >= 15 is 0 Å². The third-order valence-corrected chi connectivity index (χ3v) is 5.29. The van der Waals surface area contributed by atoms with Crippen molar-refractivity contribution >= 4 is 23.0 Å². The third-order valence-electron chi connectivity index (χ3n) is 5.29. The van der Waals surface area contributed by atoms with Crippen LogP contribution >= 0.6 is 0 Å². The van der Waals surface area contributed by atoms with Crippen LogP contribution in [0.1, 0.15) is 11.3 Å². The second kappa shape index (κ2) is 10.2. The Morgan fingerprint density at radius 1 is 0.919 bits per heavy atom. The van der Waals surface area contributed by atoms with Crippen molar-refractivity contribution in [2.24, 2.45) is 0 Å². The Kier molecular flexibility index (Phi) is 7.01. The minimum absolute atomic E-state index is 0.0814. The smallest absolute Gasteiger partial charge is 0.450 e. The number of benzene rings is 3. The molecule has 1 aromatic heterocycles. The van der Waals surface area contributed by atoms with Crippen LogP contribution in [0.15, 0.2) is 76.0 Å². The molecule has 4 aromatic rings. The van der Waals surface area contributed by atoms with E-state index in [1.165, 1.54) is 74.9 Å². The number of ether oxygens (including phenoxy) is 3. The van der Waals surface area contributed by atoms with E-state index in [2.05, 4.69) is 0 Å². The van der Waals surface area contributed by atoms with Gasteiger partial charge in [-0.1, -0.05) is 18.2 Å². The molecule has 1 heterocycles. The first-order valence-electron chi connectivity index (χ1n) is 10.7. The van der Waals surface area contributed by atoms with Gasteiger partial charge in [0, 0.05) is 12.1 Å². The van der Waals surface area contributed by atoms with Crippen molar-refractivity contribution in [1.29, 1.82) is 0 Å². The van der Waals surface area contributed by atoms with Crippen molar-refractivity contribution in [3.8, 4) is 28.4 Å². The molecule has 0 N–H and O–H groups in total. The van der Waals surface area contributed by atoms with E-state index in [9.17, 15) is 27.2 Å². The largest absolute Gasteiger partial charge is 0.493 e. The molecule has 4 rings (SSSR count). The Balaban J connectivity index is 1.73. The molecule has 6 nitrogen and oxygen atoms in total. The van der Waals surface area contributed by atoms with Crippen LogP contribution in [0.2, 0.25) is 0 Å². The zero-order chi connectivity index (χ0) is 26.7. The Bertz CT molecular complexity index is 1550. The van der Waals surface area contributed by atoms with Crippen molar-refractivity contribution in [3.63, 3.8) is 0 Å². The topological polar surface area (TPSA) is 75.0 Å². The lowest BCUT2D eigenvalue weighted by atomic mass is 10.0. The van der Waals surface area contributed by atoms with Gasteiger partial charge in [-0.25, -0.2) is 9.18 Å². The van der Waals surface area contributed by atoms with E-state index in [1.54, 1.807) is 0 Å². The van der Waals surface area contributed by atoms with E-state index in [-0.39, 0.29) is 28.2 Å². The zero-order valence-electron chi connectivity index (χ0n) is 19.4. The SMILES string of the molecule is COc1ccc(-c2c(C(F)(F)F)oc3cc(OC(=O)C=Cc4ccc(F)cc4)ccc3c2=O)cc1OC. The van der Waals surface area contributed by atoms with Crippen LogP contribution in [-0.2, 0) is 11.0 Å². The number of carbonyl (C=O) groups excluding carboxylic acids is 1. The van der Waals surface area contributed by atoms with Crippen molar-refractivity contribution < 1.29 is 41.0 Å². The molecular weight excluding hydrogens is 496 g/mol. The van der Waals surface area contributed by atoms with Crippen LogP contribution in [0, 0.1) is 5.82 Å². The quantitative estimate of drug-likeness (QED) is 0.131. The second-order valence-corrected chi connectivity index (χ2v) is 7.67. The highest BCUT2D eigenvalue weighted by atomic mass is 19.4. The predicted molar refractivity (Wildman–Crippen MR) is 127 cm³/mol. The molecule has 10 heteroatoms. The number of rotatable bonds is 6. The molecule has 0 aliphatic carbocycles. The summed E-state index contributed by atoms with van der Waals surface area (Å²) in [6.07, 6.45) is -2.57. The molecule has 0 fully saturated rings. The third kappa shape index (κ3) is 5.48. The summed E-state index contributed by atoms with van der Waals surface area (Å²) in [4.78, 5) is 25.3. The fraction of sp³-hybridized carbons (Fsp3) is 0.111. The van der Waals surface area contributed by atoms with Gasteiger partial charge in [-0.15, -0.1) is 0 Å². The monoisotopic (exact) mass is 514 g/mol. The summed E-state index contributed by atoms with van der Waals surface area (Å²) in [7, 11) is 2.68. The number of halogens is 4. The second-order valence-electron chi connectivity index (χ2n) is 7.67. The lowest BCUT2D eigenvalue weighted by Gasteiger charge is -2.14. The van der Waals surface area contributed by atoms with E-state index in [0.717, 1.165) is 12.1 Å². The van der Waals surface area contributed by atoms with Crippen molar-refractivity contribution in [2.75, 3.05) is 14.2 Å². The summed E-state index contributed by atoms with van der Waals surface area (Å²) in [5.74, 6) is -2.55. The average molecular weight is 514 g/mol. The van der Waals surface area contributed by atoms with Gasteiger partial charge in [-0.3, -0.25) is 4.79 Å². The molecule has 0 saturated heterocycles. The van der Waals surface area contributed by atoms with Gasteiger partial charge < -0.3 is 18.6 Å². The van der Waals surface area contributed by atoms with Gasteiger partial charge >= 0.3 is 12.1 Å². The molecule has 0 aliphatic heterocycles. The first-order valence-corrected chi connectivity index (χ1v) is 10.7. The summed E-state index contributed by atoms with van der Waals surface area (Å²) in [6.45, 7) is 0. The minimum atomic E-state index is -5.01. The molecule has 3 aromatic carbocycles. The van der Waals surface area contributed by atoms with E-state index in [1.807, 2.05) is 0 Å². The van der Waals surface area contributed by atoms with Crippen LogP contribution in [0.5, 0.6) is 17.2 Å². The van der Waals surface area contributed by atoms with Gasteiger partial charge in [0.1, 0.15) is 17.1 Å². The maximum atomic E-state index is 14.0. The predicted octanol–water partition coefficient (Wildman–Crippen LogP) is 6.25. The molecule has 0 atom stereocenters. The summed E-state index contributed by atoms with van der Waals surface area (Å²) in [5, 5.41) is -0.153. The number of fused-ring (bicyclic) bond motifs is 1. The summed E-state index contributed by atoms with van der Waals surface area (Å²) in [5.41, 5.74) is -1.61. The van der Waals surface area contributed by atoms with Crippen LogP contribution in [0.25, 0.3) is 28.2 Å². The van der Waals surface area contributed by atoms with Gasteiger partial charge in [0.2, 0.25) is 11.2 Å². The average Bonchev–Trinajstić information content (AvgIpc) is 2.87. The molecule has 0 bridgehead atoms. The van der Waals surface area contributed by atoms with Gasteiger partial charge in [-0.2, -0.15) is 13.2 Å². The number of esters is 1. The lowest BCUT2D eigenvalue weighted by Crippen LogP contribution is -2.16. The van der Waals surface area contributed by atoms with Crippen LogP contribution < -0.4 is 19.6 Å². The van der Waals surface area contributed by atoms with Crippen molar-refractivity contribution in [1.82, 2.24) is 0 Å². The van der Waals surface area contributed by atoms with E-state index < -0.39 is 40.3 Å². The van der Waals surface area contributed by atoms with E-state index in [4.69, 9.17) is 18.6 Å². The van der Waals surface area contributed by atoms with Gasteiger partial charge in [0.15, 0.2) is 11.5 Å². The van der Waals surface area contributed by atoms with E-state index in [0.29, 0.717) is 5.56 Å². The number of hydrogen-bond acceptors (Lipinski definition) is 6. The molecule has 0 saturated carbocycles. The van der Waals surface area contributed by atoms with Crippen LogP contribution in [0.4, 0.5) is 17.6 Å². The first-order chi connectivity index (χ1) is 17.6. The molecule has 0 aliphatic rings. The van der Waals surface area contributed by atoms with Gasteiger partial charge in [0.05, 0.1) is 25.2 Å². The molecule has 190 valence electrons. The lowest BCUT2D eigenvalue weighted by molar-refractivity contribution is -0.152. The Morgan fingerprint density at radius 3 is 2.27 bits per heavy atom. The minimum Gasteiger partial charge on any atom is -0.493 e. The molecule has 0 spiro atoms. The number of methoxy groups -OCH3 is 2. The molecule has 0 radical (unpaired) electrons. The highest BCUT2D eigenvalue weighted by Crippen LogP contribution is 2.40. The Hall–Kier alpha value is -4.60. The maximum Gasteiger partial charge on any atom is 0.450 e. The standard InChI is InChI=1S/C27H18F4O6/c1-34-20-11-6-16(13-22(20)35-2)24-25(33)19-10-9-18(14-21(19)37-26(24)27(29,30)31)36-23(32)12-5-15-3-7-17(28)8-4-15/h3-14H,1-2H3. The Labute approximate surface area is 207 Å².